The number of nitrogens with zero attached hydrogens (tertiary/aromatic N) is 2. The molecule has 0 saturated heterocycles. The molecule has 9 heavy (non-hydrogen) atoms. The van der Waals surface area contributed by atoms with E-state index >= 15 is 0 Å². The fourth-order valence-corrected chi connectivity index (χ4v) is 0.782. The number of rotatable bonds is 1. The van der Waals surface area contributed by atoms with Crippen molar-refractivity contribution >= 4 is 0 Å². The highest BCUT2D eigenvalue weighted by Crippen LogP contribution is 2.05. The minimum absolute atomic E-state index is 0.414. The van der Waals surface area contributed by atoms with Crippen molar-refractivity contribution in [3.05, 3.63) is 12.2 Å². The minimum Gasteiger partial charge on any atom is -0.218 e. The van der Waals surface area contributed by atoms with Crippen LogP contribution in [0.4, 0.5) is 0 Å². The molecule has 50 valence electrons. The molecule has 0 radical (unpaired) electrons. The molecule has 1 heterocycles. The highest BCUT2D eigenvalue weighted by atomic mass is 16.5. The Morgan fingerprint density at radius 2 is 2.33 bits per heavy atom. The normalized spacial score (nSPS) is 10.7. The van der Waals surface area contributed by atoms with Crippen molar-refractivity contribution in [2.75, 3.05) is 0 Å². The molecule has 1 aromatic rings. The lowest BCUT2D eigenvalue weighted by atomic mass is 10.2. The number of hydrogen-bond donors (Lipinski definition) is 0. The molecule has 0 atom stereocenters. The van der Waals surface area contributed by atoms with E-state index in [9.17, 15) is 0 Å². The van der Waals surface area contributed by atoms with Crippen molar-refractivity contribution in [2.45, 2.75) is 19.8 Å². The van der Waals surface area contributed by atoms with Crippen molar-refractivity contribution in [1.29, 1.82) is 0 Å². The van der Waals surface area contributed by atoms with Gasteiger partial charge < -0.3 is 0 Å². The van der Waals surface area contributed by atoms with Crippen molar-refractivity contribution in [1.82, 2.24) is 5.16 Å². The Hall–Kier alpha value is -0.860. The van der Waals surface area contributed by atoms with Crippen LogP contribution in [0, 0.1) is 0 Å². The van der Waals surface area contributed by atoms with E-state index in [1.165, 1.54) is 0 Å². The fourth-order valence-electron chi connectivity index (χ4n) is 0.782. The highest BCUT2D eigenvalue weighted by Gasteiger charge is 2.13. The SMILES string of the molecule is CC(C)c1onc[n+]1C. The third-order valence-electron chi connectivity index (χ3n) is 1.21. The fraction of sp³-hybridized carbons (Fsp3) is 0.667. The van der Waals surface area contributed by atoms with Crippen LogP contribution in [0.2, 0.25) is 0 Å². The van der Waals surface area contributed by atoms with E-state index in [1.54, 1.807) is 6.33 Å². The van der Waals surface area contributed by atoms with Gasteiger partial charge in [-0.3, -0.25) is 0 Å². The molecule has 0 aliphatic carbocycles. The Bertz CT molecular complexity index is 193. The Morgan fingerprint density at radius 1 is 1.67 bits per heavy atom. The first kappa shape index (κ1) is 6.26. The Balaban J connectivity index is 2.94. The number of hydrogen-bond acceptors (Lipinski definition) is 2. The number of aryl methyl sites for hydroxylation is 1. The van der Waals surface area contributed by atoms with Crippen LogP contribution >= 0.6 is 0 Å². The molecule has 3 heteroatoms. The molecule has 0 aliphatic rings. The van der Waals surface area contributed by atoms with Crippen LogP contribution in [-0.4, -0.2) is 5.16 Å². The molecular weight excluding hydrogens is 116 g/mol. The topological polar surface area (TPSA) is 29.9 Å². The maximum atomic E-state index is 4.94. The quantitative estimate of drug-likeness (QED) is 0.518. The van der Waals surface area contributed by atoms with E-state index in [4.69, 9.17) is 4.52 Å². The zero-order chi connectivity index (χ0) is 6.85. The van der Waals surface area contributed by atoms with Gasteiger partial charge in [0.25, 0.3) is 0 Å². The van der Waals surface area contributed by atoms with Crippen LogP contribution in [0.5, 0.6) is 0 Å². The van der Waals surface area contributed by atoms with Gasteiger partial charge in [0, 0.05) is 0 Å². The minimum atomic E-state index is 0.414. The van der Waals surface area contributed by atoms with Gasteiger partial charge in [0.1, 0.15) is 0 Å². The summed E-state index contributed by atoms with van der Waals surface area (Å²) >= 11 is 0. The summed E-state index contributed by atoms with van der Waals surface area (Å²) in [6.45, 7) is 4.14. The molecule has 0 spiro atoms. The Kier molecular flexibility index (Phi) is 1.51. The molecule has 0 amide bonds. The highest BCUT2D eigenvalue weighted by molar-refractivity contribution is 4.72. The van der Waals surface area contributed by atoms with Gasteiger partial charge in [-0.15, -0.1) is 0 Å². The molecule has 0 aromatic carbocycles. The third kappa shape index (κ3) is 1.09. The van der Waals surface area contributed by atoms with E-state index < -0.39 is 0 Å². The molecule has 0 unspecified atom stereocenters. The first-order valence-electron chi connectivity index (χ1n) is 3.02. The van der Waals surface area contributed by atoms with Crippen molar-refractivity contribution in [3.8, 4) is 0 Å². The zero-order valence-corrected chi connectivity index (χ0v) is 5.96. The largest absolute Gasteiger partial charge is 0.336 e. The van der Waals surface area contributed by atoms with Gasteiger partial charge in [-0.25, -0.2) is 4.52 Å². The maximum Gasteiger partial charge on any atom is 0.336 e. The molecule has 0 N–H and O–H groups in total. The summed E-state index contributed by atoms with van der Waals surface area (Å²) in [7, 11) is 1.92. The van der Waals surface area contributed by atoms with Crippen LogP contribution < -0.4 is 4.57 Å². The second kappa shape index (κ2) is 2.17. The Labute approximate surface area is 54.3 Å². The lowest BCUT2D eigenvalue weighted by molar-refractivity contribution is -0.684. The molecule has 1 aromatic heterocycles. The maximum absolute atomic E-state index is 4.94. The van der Waals surface area contributed by atoms with Gasteiger partial charge in [-0.2, -0.15) is 4.57 Å². The lowest BCUT2D eigenvalue weighted by Gasteiger charge is -1.92. The third-order valence-corrected chi connectivity index (χ3v) is 1.21. The second-order valence-corrected chi connectivity index (χ2v) is 2.42. The van der Waals surface area contributed by atoms with E-state index in [0.29, 0.717) is 5.92 Å². The predicted octanol–water partition coefficient (Wildman–Crippen LogP) is 0.623. The number of aromatic nitrogens is 2. The second-order valence-electron chi connectivity index (χ2n) is 2.42. The molecule has 0 aliphatic heterocycles. The molecule has 0 saturated carbocycles. The molecular formula is C6H11N2O+. The first-order valence-corrected chi connectivity index (χ1v) is 3.02. The summed E-state index contributed by atoms with van der Waals surface area (Å²) in [6, 6.07) is 0. The van der Waals surface area contributed by atoms with Crippen LogP contribution in [0.25, 0.3) is 0 Å². The van der Waals surface area contributed by atoms with Gasteiger partial charge >= 0.3 is 12.2 Å². The molecule has 0 bridgehead atoms. The summed E-state index contributed by atoms with van der Waals surface area (Å²) in [5.41, 5.74) is 0. The Morgan fingerprint density at radius 3 is 2.56 bits per heavy atom. The molecule has 1 rings (SSSR count). The summed E-state index contributed by atoms with van der Waals surface area (Å²) in [6.07, 6.45) is 1.66. The smallest absolute Gasteiger partial charge is 0.218 e. The molecule has 0 fully saturated rings. The van der Waals surface area contributed by atoms with E-state index in [-0.39, 0.29) is 0 Å². The van der Waals surface area contributed by atoms with Crippen LogP contribution in [-0.2, 0) is 7.05 Å². The van der Waals surface area contributed by atoms with Crippen molar-refractivity contribution in [2.24, 2.45) is 7.05 Å². The first-order chi connectivity index (χ1) is 4.22. The van der Waals surface area contributed by atoms with E-state index in [1.807, 2.05) is 11.6 Å². The summed E-state index contributed by atoms with van der Waals surface area (Å²) in [5.74, 6) is 1.33. The van der Waals surface area contributed by atoms with Gasteiger partial charge in [-0.1, -0.05) is 13.8 Å². The summed E-state index contributed by atoms with van der Waals surface area (Å²) < 4.78 is 6.82. The summed E-state index contributed by atoms with van der Waals surface area (Å²) in [4.78, 5) is 0. The van der Waals surface area contributed by atoms with Crippen LogP contribution in [0.1, 0.15) is 25.7 Å². The average Bonchev–Trinajstić information content (AvgIpc) is 2.13. The van der Waals surface area contributed by atoms with Gasteiger partial charge in [0.2, 0.25) is 0 Å². The zero-order valence-electron chi connectivity index (χ0n) is 5.96. The standard InChI is InChI=1S/C6H11N2O/c1-5(2)6-8(3)4-7-9-6/h4-5H,1-3H3/q+1. The van der Waals surface area contributed by atoms with E-state index in [2.05, 4.69) is 19.0 Å². The lowest BCUT2D eigenvalue weighted by Crippen LogP contribution is -2.30. The monoisotopic (exact) mass is 127 g/mol. The summed E-state index contributed by atoms with van der Waals surface area (Å²) in [5, 5.41) is 3.63. The van der Waals surface area contributed by atoms with Crippen LogP contribution in [0.15, 0.2) is 10.9 Å². The van der Waals surface area contributed by atoms with Crippen molar-refractivity contribution < 1.29 is 9.09 Å². The van der Waals surface area contributed by atoms with Gasteiger partial charge in [-0.05, 0) is 0 Å². The average molecular weight is 127 g/mol. The predicted molar refractivity (Wildman–Crippen MR) is 31.8 cm³/mol. The van der Waals surface area contributed by atoms with Gasteiger partial charge in [0.15, 0.2) is 5.16 Å². The van der Waals surface area contributed by atoms with Crippen molar-refractivity contribution in [3.63, 3.8) is 0 Å². The van der Waals surface area contributed by atoms with E-state index in [0.717, 1.165) is 5.89 Å². The molecule has 3 nitrogen and oxygen atoms in total. The van der Waals surface area contributed by atoms with Crippen LogP contribution in [0.3, 0.4) is 0 Å². The van der Waals surface area contributed by atoms with Gasteiger partial charge in [0.05, 0.1) is 13.0 Å².